The first-order valence-electron chi connectivity index (χ1n) is 7.49. The first-order chi connectivity index (χ1) is 11.2. The molecule has 0 fully saturated rings. The fourth-order valence-corrected chi connectivity index (χ4v) is 3.22. The van der Waals surface area contributed by atoms with E-state index in [-0.39, 0.29) is 0 Å². The molecule has 3 heteroatoms. The number of carbonyl (C=O) groups is 1. The number of rotatable bonds is 3. The van der Waals surface area contributed by atoms with Crippen LogP contribution < -0.4 is 0 Å². The smallest absolute Gasteiger partial charge is 0.252 e. The average Bonchev–Trinajstić information content (AvgIpc) is 2.90. The minimum absolute atomic E-state index is 0.423. The number of hydrogen-bond donors (Lipinski definition) is 0. The van der Waals surface area contributed by atoms with Crippen LogP contribution in [0.15, 0.2) is 72.8 Å². The van der Waals surface area contributed by atoms with Crippen molar-refractivity contribution in [3.8, 4) is 0 Å². The van der Waals surface area contributed by atoms with Gasteiger partial charge in [-0.1, -0.05) is 48.5 Å². The maximum Gasteiger partial charge on any atom is 0.252 e. The van der Waals surface area contributed by atoms with E-state index < -0.39 is 5.24 Å². The van der Waals surface area contributed by atoms with E-state index in [1.165, 1.54) is 21.8 Å². The summed E-state index contributed by atoms with van der Waals surface area (Å²) < 4.78 is 2.31. The van der Waals surface area contributed by atoms with E-state index in [0.29, 0.717) is 5.56 Å². The number of para-hydroxylation sites is 2. The van der Waals surface area contributed by atoms with Gasteiger partial charge in [-0.2, -0.15) is 0 Å². The van der Waals surface area contributed by atoms with Gasteiger partial charge in [0.1, 0.15) is 0 Å². The van der Waals surface area contributed by atoms with Crippen LogP contribution >= 0.6 is 11.6 Å². The molecule has 0 atom stereocenters. The molecule has 0 bridgehead atoms. The number of fused-ring (bicyclic) bond motifs is 3. The number of benzene rings is 3. The molecule has 0 aliphatic carbocycles. The van der Waals surface area contributed by atoms with Crippen LogP contribution in [0.1, 0.15) is 15.9 Å². The molecule has 2 nitrogen and oxygen atoms in total. The molecule has 0 aliphatic rings. The number of nitrogens with zero attached hydrogens (tertiary/aromatic N) is 1. The molecule has 1 heterocycles. The lowest BCUT2D eigenvalue weighted by Crippen LogP contribution is -2.00. The Bertz CT molecular complexity index is 962. The topological polar surface area (TPSA) is 22.0 Å². The van der Waals surface area contributed by atoms with Gasteiger partial charge < -0.3 is 4.57 Å². The fraction of sp³-hybridized carbons (Fsp3) is 0.0500. The molecule has 1 aromatic heterocycles. The number of carbonyl (C=O) groups excluding carboxylic acids is 1. The zero-order chi connectivity index (χ0) is 15.8. The highest BCUT2D eigenvalue weighted by Crippen LogP contribution is 2.29. The SMILES string of the molecule is O=C(Cl)c1ccc(Cn2c3ccccc3c3ccccc32)cc1. The first-order valence-corrected chi connectivity index (χ1v) is 7.86. The van der Waals surface area contributed by atoms with Crippen LogP contribution in [0.5, 0.6) is 0 Å². The van der Waals surface area contributed by atoms with Gasteiger partial charge in [0.2, 0.25) is 0 Å². The summed E-state index contributed by atoms with van der Waals surface area (Å²) in [5.74, 6) is 0. The van der Waals surface area contributed by atoms with Gasteiger partial charge in [-0.15, -0.1) is 0 Å². The van der Waals surface area contributed by atoms with Crippen LogP contribution in [0.2, 0.25) is 0 Å². The van der Waals surface area contributed by atoms with E-state index >= 15 is 0 Å². The molecule has 0 amide bonds. The van der Waals surface area contributed by atoms with E-state index in [1.807, 2.05) is 12.1 Å². The third-order valence-electron chi connectivity index (χ3n) is 4.20. The summed E-state index contributed by atoms with van der Waals surface area (Å²) in [6, 6.07) is 24.3. The summed E-state index contributed by atoms with van der Waals surface area (Å²) in [5.41, 5.74) is 4.09. The lowest BCUT2D eigenvalue weighted by atomic mass is 10.1. The molecule has 0 saturated heterocycles. The Kier molecular flexibility index (Phi) is 3.40. The van der Waals surface area contributed by atoms with E-state index in [4.69, 9.17) is 11.6 Å². The van der Waals surface area contributed by atoms with Crippen LogP contribution in [0.25, 0.3) is 21.8 Å². The minimum Gasteiger partial charge on any atom is -0.336 e. The normalized spacial score (nSPS) is 11.2. The maximum atomic E-state index is 11.2. The Labute approximate surface area is 138 Å². The number of hydrogen-bond acceptors (Lipinski definition) is 1. The van der Waals surface area contributed by atoms with Gasteiger partial charge in [0.25, 0.3) is 5.24 Å². The Balaban J connectivity index is 1.85. The third-order valence-corrected chi connectivity index (χ3v) is 4.42. The van der Waals surface area contributed by atoms with Gasteiger partial charge in [-0.05, 0) is 41.4 Å². The summed E-state index contributed by atoms with van der Waals surface area (Å²) in [5, 5.41) is 2.10. The van der Waals surface area contributed by atoms with Gasteiger partial charge in [0.05, 0.1) is 0 Å². The maximum absolute atomic E-state index is 11.2. The average molecular weight is 320 g/mol. The Morgan fingerprint density at radius 1 is 0.783 bits per heavy atom. The summed E-state index contributed by atoms with van der Waals surface area (Å²) in [7, 11) is 0. The standard InChI is InChI=1S/C20H14ClNO/c21-20(23)15-11-9-14(10-12-15)13-22-18-7-3-1-5-16(18)17-6-2-4-8-19(17)22/h1-12H,13H2. The van der Waals surface area contributed by atoms with Crippen LogP contribution in [0.3, 0.4) is 0 Å². The van der Waals surface area contributed by atoms with Crippen molar-refractivity contribution in [2.24, 2.45) is 0 Å². The van der Waals surface area contributed by atoms with Crippen molar-refractivity contribution < 1.29 is 4.79 Å². The van der Waals surface area contributed by atoms with E-state index in [2.05, 4.69) is 53.1 Å². The molecule has 0 saturated carbocycles. The van der Waals surface area contributed by atoms with Crippen molar-refractivity contribution in [1.29, 1.82) is 0 Å². The van der Waals surface area contributed by atoms with E-state index in [9.17, 15) is 4.79 Å². The van der Waals surface area contributed by atoms with Crippen LogP contribution in [0.4, 0.5) is 0 Å². The molecule has 0 spiro atoms. The zero-order valence-corrected chi connectivity index (χ0v) is 13.1. The molecular formula is C20H14ClNO. The van der Waals surface area contributed by atoms with Crippen LogP contribution in [0, 0.1) is 0 Å². The summed E-state index contributed by atoms with van der Waals surface area (Å²) >= 11 is 5.51. The lowest BCUT2D eigenvalue weighted by molar-refractivity contribution is 0.108. The highest BCUT2D eigenvalue weighted by atomic mass is 35.5. The van der Waals surface area contributed by atoms with Gasteiger partial charge in [-0.25, -0.2) is 0 Å². The highest BCUT2D eigenvalue weighted by Gasteiger charge is 2.10. The first kappa shape index (κ1) is 14.0. The predicted octanol–water partition coefficient (Wildman–Crippen LogP) is 5.22. The summed E-state index contributed by atoms with van der Waals surface area (Å²) in [6.45, 7) is 0.755. The van der Waals surface area contributed by atoms with Gasteiger partial charge in [0, 0.05) is 33.9 Å². The highest BCUT2D eigenvalue weighted by molar-refractivity contribution is 6.67. The quantitative estimate of drug-likeness (QED) is 0.474. The van der Waals surface area contributed by atoms with Crippen molar-refractivity contribution in [3.63, 3.8) is 0 Å². The Hall–Kier alpha value is -2.58. The Morgan fingerprint density at radius 3 is 1.83 bits per heavy atom. The molecule has 4 aromatic rings. The molecule has 0 aliphatic heterocycles. The second-order valence-electron chi connectivity index (χ2n) is 5.59. The fourth-order valence-electron chi connectivity index (χ4n) is 3.10. The zero-order valence-electron chi connectivity index (χ0n) is 12.4. The lowest BCUT2D eigenvalue weighted by Gasteiger charge is -2.08. The summed E-state index contributed by atoms with van der Waals surface area (Å²) in [6.07, 6.45) is 0. The minimum atomic E-state index is -0.423. The second kappa shape index (κ2) is 5.56. The molecular weight excluding hydrogens is 306 g/mol. The molecule has 112 valence electrons. The van der Waals surface area contributed by atoms with E-state index in [1.54, 1.807) is 12.1 Å². The second-order valence-corrected chi connectivity index (χ2v) is 5.93. The molecule has 0 radical (unpaired) electrons. The van der Waals surface area contributed by atoms with Gasteiger partial charge >= 0.3 is 0 Å². The number of aromatic nitrogens is 1. The van der Waals surface area contributed by atoms with E-state index in [0.717, 1.165) is 12.1 Å². The molecule has 23 heavy (non-hydrogen) atoms. The van der Waals surface area contributed by atoms with Gasteiger partial charge in [0.15, 0.2) is 0 Å². The largest absolute Gasteiger partial charge is 0.336 e. The monoisotopic (exact) mass is 319 g/mol. The van der Waals surface area contributed by atoms with Gasteiger partial charge in [-0.3, -0.25) is 4.79 Å². The van der Waals surface area contributed by atoms with Crippen LogP contribution in [-0.2, 0) is 6.54 Å². The number of halogens is 1. The molecule has 3 aromatic carbocycles. The van der Waals surface area contributed by atoms with Crippen molar-refractivity contribution in [2.75, 3.05) is 0 Å². The third kappa shape index (κ3) is 2.41. The molecule has 4 rings (SSSR count). The van der Waals surface area contributed by atoms with Crippen molar-refractivity contribution in [3.05, 3.63) is 83.9 Å². The van der Waals surface area contributed by atoms with Crippen molar-refractivity contribution in [1.82, 2.24) is 4.57 Å². The summed E-state index contributed by atoms with van der Waals surface area (Å²) in [4.78, 5) is 11.2. The Morgan fingerprint density at radius 2 is 1.30 bits per heavy atom. The van der Waals surface area contributed by atoms with Crippen molar-refractivity contribution >= 4 is 38.6 Å². The van der Waals surface area contributed by atoms with Crippen LogP contribution in [-0.4, -0.2) is 9.81 Å². The predicted molar refractivity (Wildman–Crippen MR) is 95.2 cm³/mol. The van der Waals surface area contributed by atoms with Crippen molar-refractivity contribution in [2.45, 2.75) is 6.54 Å². The molecule has 0 N–H and O–H groups in total. The molecule has 0 unspecified atom stereocenters.